The van der Waals surface area contributed by atoms with Crippen LogP contribution in [0, 0.1) is 5.92 Å². The quantitative estimate of drug-likeness (QED) is 0.445. The normalized spacial score (nSPS) is 19.3. The summed E-state index contributed by atoms with van der Waals surface area (Å²) in [4.78, 5) is 22.6. The van der Waals surface area contributed by atoms with E-state index in [0.717, 1.165) is 10.0 Å². The van der Waals surface area contributed by atoms with Gasteiger partial charge in [0.05, 0.1) is 0 Å². The summed E-state index contributed by atoms with van der Waals surface area (Å²) >= 11 is 3.34. The van der Waals surface area contributed by atoms with E-state index in [0.29, 0.717) is 12.2 Å². The monoisotopic (exact) mass is 268 g/mol. The number of fused-ring (bicyclic) bond motifs is 1. The molecular weight excluding hydrogens is 260 g/mol. The highest BCUT2D eigenvalue weighted by molar-refractivity contribution is 9.10. The summed E-state index contributed by atoms with van der Waals surface area (Å²) in [6.07, 6.45) is 0.433. The second-order valence-electron chi connectivity index (χ2n) is 3.54. The molecule has 2 rings (SSSR count). The number of carbonyl (C=O) groups is 2. The highest BCUT2D eigenvalue weighted by Gasteiger charge is 2.31. The Morgan fingerprint density at radius 3 is 2.93 bits per heavy atom. The molecule has 1 aliphatic rings. The third-order valence-corrected chi connectivity index (χ3v) is 2.93. The molecule has 78 valence electrons. The highest BCUT2D eigenvalue weighted by atomic mass is 79.9. The van der Waals surface area contributed by atoms with Crippen LogP contribution in [-0.2, 0) is 16.0 Å². The van der Waals surface area contributed by atoms with E-state index in [9.17, 15) is 9.59 Å². The SMILES string of the molecule is CC(=O)C1Cc2cc(Br)ccc2OC1=O. The van der Waals surface area contributed by atoms with Crippen LogP contribution >= 0.6 is 15.9 Å². The first-order valence-electron chi connectivity index (χ1n) is 4.58. The molecule has 0 aromatic heterocycles. The Balaban J connectivity index is 2.39. The molecule has 0 saturated heterocycles. The number of rotatable bonds is 1. The predicted octanol–water partition coefficient (Wildman–Crippen LogP) is 2.12. The molecule has 1 aliphatic heterocycles. The summed E-state index contributed by atoms with van der Waals surface area (Å²) in [5, 5.41) is 0. The first-order chi connectivity index (χ1) is 7.08. The summed E-state index contributed by atoms with van der Waals surface area (Å²) < 4.78 is 6.00. The summed E-state index contributed by atoms with van der Waals surface area (Å²) in [6.45, 7) is 1.41. The van der Waals surface area contributed by atoms with Gasteiger partial charge in [0.25, 0.3) is 0 Å². The van der Waals surface area contributed by atoms with Crippen LogP contribution in [0.15, 0.2) is 22.7 Å². The van der Waals surface area contributed by atoms with Crippen molar-refractivity contribution >= 4 is 27.7 Å². The number of Topliss-reactive ketones (excluding diaryl/α,β-unsaturated/α-hetero) is 1. The van der Waals surface area contributed by atoms with Crippen LogP contribution in [0.25, 0.3) is 0 Å². The predicted molar refractivity (Wildman–Crippen MR) is 57.7 cm³/mol. The van der Waals surface area contributed by atoms with E-state index in [1.165, 1.54) is 6.92 Å². The minimum absolute atomic E-state index is 0.148. The van der Waals surface area contributed by atoms with Crippen LogP contribution in [0.2, 0.25) is 0 Å². The van der Waals surface area contributed by atoms with Crippen molar-refractivity contribution in [3.05, 3.63) is 28.2 Å². The second kappa shape index (κ2) is 3.77. The number of ketones is 1. The molecule has 3 nitrogen and oxygen atoms in total. The zero-order valence-corrected chi connectivity index (χ0v) is 9.71. The molecule has 0 fully saturated rings. The van der Waals surface area contributed by atoms with Crippen molar-refractivity contribution in [1.29, 1.82) is 0 Å². The number of hydrogen-bond acceptors (Lipinski definition) is 3. The Morgan fingerprint density at radius 1 is 1.53 bits per heavy atom. The fourth-order valence-electron chi connectivity index (χ4n) is 1.60. The topological polar surface area (TPSA) is 43.4 Å². The van der Waals surface area contributed by atoms with Gasteiger partial charge in [-0.25, -0.2) is 0 Å². The molecule has 15 heavy (non-hydrogen) atoms. The van der Waals surface area contributed by atoms with Gasteiger partial charge in [0, 0.05) is 4.47 Å². The number of benzene rings is 1. The molecule has 1 aromatic carbocycles. The summed E-state index contributed by atoms with van der Waals surface area (Å²) in [7, 11) is 0. The largest absolute Gasteiger partial charge is 0.426 e. The smallest absolute Gasteiger partial charge is 0.322 e. The Hall–Kier alpha value is -1.16. The molecule has 4 heteroatoms. The van der Waals surface area contributed by atoms with Gasteiger partial charge in [-0.05, 0) is 37.1 Å². The van der Waals surface area contributed by atoms with Crippen molar-refractivity contribution in [2.24, 2.45) is 5.92 Å². The number of carbonyl (C=O) groups excluding carboxylic acids is 2. The average molecular weight is 269 g/mol. The van der Waals surface area contributed by atoms with Crippen LogP contribution in [0.1, 0.15) is 12.5 Å². The van der Waals surface area contributed by atoms with Gasteiger partial charge < -0.3 is 4.74 Å². The molecule has 0 radical (unpaired) electrons. The number of esters is 1. The molecular formula is C11H9BrO3. The Kier molecular flexibility index (Phi) is 2.61. The molecule has 0 saturated carbocycles. The van der Waals surface area contributed by atoms with Crippen LogP contribution in [-0.4, -0.2) is 11.8 Å². The lowest BCUT2D eigenvalue weighted by Gasteiger charge is -2.21. The Bertz CT molecular complexity index is 439. The molecule has 0 aliphatic carbocycles. The van der Waals surface area contributed by atoms with Gasteiger partial charge in [-0.1, -0.05) is 15.9 Å². The van der Waals surface area contributed by atoms with E-state index < -0.39 is 11.9 Å². The Labute approximate surface area is 95.6 Å². The van der Waals surface area contributed by atoms with E-state index >= 15 is 0 Å². The van der Waals surface area contributed by atoms with Gasteiger partial charge in [-0.3, -0.25) is 9.59 Å². The maximum absolute atomic E-state index is 11.4. The molecule has 1 heterocycles. The molecule has 1 atom stereocenters. The van der Waals surface area contributed by atoms with E-state index in [-0.39, 0.29) is 5.78 Å². The van der Waals surface area contributed by atoms with Crippen molar-refractivity contribution < 1.29 is 14.3 Å². The van der Waals surface area contributed by atoms with Crippen LogP contribution in [0.3, 0.4) is 0 Å². The maximum Gasteiger partial charge on any atom is 0.322 e. The minimum atomic E-state index is -0.646. The van der Waals surface area contributed by atoms with E-state index in [1.807, 2.05) is 6.07 Å². The zero-order chi connectivity index (χ0) is 11.0. The molecule has 1 aromatic rings. The molecule has 0 N–H and O–H groups in total. The fourth-order valence-corrected chi connectivity index (χ4v) is 2.01. The summed E-state index contributed by atoms with van der Waals surface area (Å²) in [5.74, 6) is -0.685. The van der Waals surface area contributed by atoms with Crippen molar-refractivity contribution in [1.82, 2.24) is 0 Å². The molecule has 1 unspecified atom stereocenters. The number of ether oxygens (including phenoxy) is 1. The van der Waals surface area contributed by atoms with Gasteiger partial charge in [-0.15, -0.1) is 0 Å². The number of hydrogen-bond donors (Lipinski definition) is 0. The highest BCUT2D eigenvalue weighted by Crippen LogP contribution is 2.30. The lowest BCUT2D eigenvalue weighted by atomic mass is 9.93. The van der Waals surface area contributed by atoms with E-state index in [4.69, 9.17) is 4.74 Å². The third kappa shape index (κ3) is 1.95. The van der Waals surface area contributed by atoms with Gasteiger partial charge in [0.2, 0.25) is 0 Å². The van der Waals surface area contributed by atoms with Gasteiger partial charge in [-0.2, -0.15) is 0 Å². The third-order valence-electron chi connectivity index (χ3n) is 2.43. The summed E-state index contributed by atoms with van der Waals surface area (Å²) in [5.41, 5.74) is 0.893. The first-order valence-corrected chi connectivity index (χ1v) is 5.38. The van der Waals surface area contributed by atoms with Gasteiger partial charge in [0.15, 0.2) is 0 Å². The second-order valence-corrected chi connectivity index (χ2v) is 4.46. The van der Waals surface area contributed by atoms with Crippen LogP contribution in [0.5, 0.6) is 5.75 Å². The Morgan fingerprint density at radius 2 is 2.27 bits per heavy atom. The van der Waals surface area contributed by atoms with Crippen LogP contribution < -0.4 is 4.74 Å². The summed E-state index contributed by atoms with van der Waals surface area (Å²) in [6, 6.07) is 5.41. The molecule has 0 bridgehead atoms. The van der Waals surface area contributed by atoms with Crippen molar-refractivity contribution in [3.8, 4) is 5.75 Å². The van der Waals surface area contributed by atoms with Crippen molar-refractivity contribution in [2.45, 2.75) is 13.3 Å². The molecule has 0 spiro atoms. The average Bonchev–Trinajstić information content (AvgIpc) is 2.17. The standard InChI is InChI=1S/C11H9BrO3/c1-6(13)9-5-7-4-8(12)2-3-10(7)15-11(9)14/h2-4,9H,5H2,1H3. The van der Waals surface area contributed by atoms with Crippen molar-refractivity contribution in [2.75, 3.05) is 0 Å². The van der Waals surface area contributed by atoms with Crippen LogP contribution in [0.4, 0.5) is 0 Å². The van der Waals surface area contributed by atoms with Gasteiger partial charge >= 0.3 is 5.97 Å². The van der Waals surface area contributed by atoms with E-state index in [1.54, 1.807) is 12.1 Å². The lowest BCUT2D eigenvalue weighted by molar-refractivity contribution is -0.144. The molecule has 0 amide bonds. The first kappa shape index (κ1) is 10.4. The minimum Gasteiger partial charge on any atom is -0.426 e. The van der Waals surface area contributed by atoms with Gasteiger partial charge in [0.1, 0.15) is 17.5 Å². The van der Waals surface area contributed by atoms with E-state index in [2.05, 4.69) is 15.9 Å². The zero-order valence-electron chi connectivity index (χ0n) is 8.12. The number of halogens is 1. The fraction of sp³-hybridized carbons (Fsp3) is 0.273. The lowest BCUT2D eigenvalue weighted by Crippen LogP contribution is -2.32. The maximum atomic E-state index is 11.4. The van der Waals surface area contributed by atoms with Crippen molar-refractivity contribution in [3.63, 3.8) is 0 Å².